The molecule has 0 spiro atoms. The van der Waals surface area contributed by atoms with Gasteiger partial charge in [0.15, 0.2) is 6.10 Å². The van der Waals surface area contributed by atoms with E-state index in [1.54, 1.807) is 16.8 Å². The lowest BCUT2D eigenvalue weighted by Crippen LogP contribution is -2.38. The van der Waals surface area contributed by atoms with E-state index in [1.807, 2.05) is 38.1 Å². The lowest BCUT2D eigenvalue weighted by molar-refractivity contribution is -0.209. The van der Waals surface area contributed by atoms with Crippen molar-refractivity contribution >= 4 is 6.08 Å². The number of aliphatic hydroxyl groups is 1. The van der Waals surface area contributed by atoms with E-state index in [9.17, 15) is 18.3 Å². The van der Waals surface area contributed by atoms with E-state index in [4.69, 9.17) is 0 Å². The maximum atomic E-state index is 14.0. The van der Waals surface area contributed by atoms with E-state index in [-0.39, 0.29) is 30.1 Å². The molecule has 4 rings (SSSR count). The number of rotatable bonds is 10. The van der Waals surface area contributed by atoms with Gasteiger partial charge in [0.1, 0.15) is 5.82 Å². The molecule has 198 valence electrons. The van der Waals surface area contributed by atoms with Crippen LogP contribution in [0.5, 0.6) is 0 Å². The van der Waals surface area contributed by atoms with E-state index in [0.717, 1.165) is 44.5 Å². The molecule has 2 aromatic rings. The van der Waals surface area contributed by atoms with Crippen LogP contribution in [0.2, 0.25) is 0 Å². The van der Waals surface area contributed by atoms with Crippen LogP contribution in [-0.2, 0) is 13.0 Å². The normalized spacial score (nSPS) is 20.6. The molecule has 0 aromatic carbocycles. The average molecular weight is 507 g/mol. The third kappa shape index (κ3) is 5.51. The van der Waals surface area contributed by atoms with E-state index < -0.39 is 12.3 Å². The second-order valence-electron chi connectivity index (χ2n) is 9.69. The zero-order valence-electron chi connectivity index (χ0n) is 21.3. The summed E-state index contributed by atoms with van der Waals surface area (Å²) < 4.78 is 43.5. The lowest BCUT2D eigenvalue weighted by atomic mass is 9.91. The number of fused-ring (bicyclic) bond motifs is 2. The van der Waals surface area contributed by atoms with Gasteiger partial charge in [-0.3, -0.25) is 14.8 Å². The third-order valence-electron chi connectivity index (χ3n) is 7.33. The molecule has 2 N–H and O–H groups in total. The number of aromatic nitrogens is 3. The van der Waals surface area contributed by atoms with Crippen LogP contribution in [0, 0.1) is 0 Å². The van der Waals surface area contributed by atoms with Crippen LogP contribution >= 0.6 is 0 Å². The van der Waals surface area contributed by atoms with Crippen LogP contribution in [0.15, 0.2) is 24.4 Å². The zero-order chi connectivity index (χ0) is 25.9. The minimum atomic E-state index is -4.79. The van der Waals surface area contributed by atoms with Crippen molar-refractivity contribution in [3.63, 3.8) is 0 Å². The molecule has 0 amide bonds. The molecule has 2 aliphatic rings. The lowest BCUT2D eigenvalue weighted by Gasteiger charge is -2.36. The second kappa shape index (κ2) is 11.4. The molecule has 1 aliphatic carbocycles. The molecule has 7 nitrogen and oxygen atoms in total. The first-order valence-electron chi connectivity index (χ1n) is 12.8. The quantitative estimate of drug-likeness (QED) is 0.470. The highest BCUT2D eigenvalue weighted by Crippen LogP contribution is 2.40. The number of nitrogens with one attached hydrogen (secondary N) is 1. The summed E-state index contributed by atoms with van der Waals surface area (Å²) >= 11 is 0. The van der Waals surface area contributed by atoms with Crippen molar-refractivity contribution in [1.29, 1.82) is 0 Å². The Balaban J connectivity index is 1.70. The van der Waals surface area contributed by atoms with Crippen molar-refractivity contribution in [2.24, 2.45) is 0 Å². The Morgan fingerprint density at radius 1 is 1.33 bits per heavy atom. The van der Waals surface area contributed by atoms with Crippen molar-refractivity contribution in [3.05, 3.63) is 52.9 Å². The summed E-state index contributed by atoms with van der Waals surface area (Å²) in [5.41, 5.74) is 2.28. The SMILES string of the molecule is CCN(CCCNC)C1CC=Cc2nc(CN(C)C3CCCc4cccnc43)c(C(O)C(F)(F)F)n21. The van der Waals surface area contributed by atoms with Crippen LogP contribution in [0.25, 0.3) is 6.08 Å². The topological polar surface area (TPSA) is 69.4 Å². The smallest absolute Gasteiger partial charge is 0.378 e. The van der Waals surface area contributed by atoms with Crippen LogP contribution in [0.1, 0.15) is 79.4 Å². The summed E-state index contributed by atoms with van der Waals surface area (Å²) in [5, 5.41) is 13.7. The molecule has 2 aromatic heterocycles. The number of aliphatic hydroxyl groups excluding tert-OH is 1. The molecule has 1 aliphatic heterocycles. The molecule has 3 unspecified atom stereocenters. The molecule has 0 saturated carbocycles. The van der Waals surface area contributed by atoms with Gasteiger partial charge in [-0.15, -0.1) is 0 Å². The predicted molar refractivity (Wildman–Crippen MR) is 133 cm³/mol. The second-order valence-corrected chi connectivity index (χ2v) is 9.69. The minimum Gasteiger partial charge on any atom is -0.378 e. The van der Waals surface area contributed by atoms with Crippen LogP contribution < -0.4 is 5.32 Å². The molecule has 10 heteroatoms. The molecule has 0 radical (unpaired) electrons. The number of pyridine rings is 1. The Hall–Kier alpha value is -2.27. The number of aryl methyl sites for hydroxylation is 1. The van der Waals surface area contributed by atoms with Gasteiger partial charge in [0.25, 0.3) is 0 Å². The summed E-state index contributed by atoms with van der Waals surface area (Å²) in [6.45, 7) is 4.43. The number of nitrogens with zero attached hydrogens (tertiary/aromatic N) is 5. The Morgan fingerprint density at radius 3 is 2.86 bits per heavy atom. The van der Waals surface area contributed by atoms with Gasteiger partial charge in [-0.1, -0.05) is 19.1 Å². The monoisotopic (exact) mass is 506 g/mol. The molecular weight excluding hydrogens is 469 g/mol. The number of hydrogen-bond acceptors (Lipinski definition) is 6. The highest BCUT2D eigenvalue weighted by Gasteiger charge is 2.45. The van der Waals surface area contributed by atoms with Gasteiger partial charge in [-0.2, -0.15) is 13.2 Å². The van der Waals surface area contributed by atoms with E-state index in [0.29, 0.717) is 18.8 Å². The molecule has 0 saturated heterocycles. The van der Waals surface area contributed by atoms with E-state index >= 15 is 0 Å². The number of alkyl halides is 3. The van der Waals surface area contributed by atoms with Gasteiger partial charge in [-0.05, 0) is 70.6 Å². The van der Waals surface area contributed by atoms with Crippen LogP contribution in [0.4, 0.5) is 13.2 Å². The van der Waals surface area contributed by atoms with Gasteiger partial charge >= 0.3 is 6.18 Å². The largest absolute Gasteiger partial charge is 0.420 e. The van der Waals surface area contributed by atoms with Crippen LogP contribution in [-0.4, -0.2) is 69.3 Å². The first-order valence-corrected chi connectivity index (χ1v) is 12.8. The molecule has 3 heterocycles. The Morgan fingerprint density at radius 2 is 2.14 bits per heavy atom. The summed E-state index contributed by atoms with van der Waals surface area (Å²) in [7, 11) is 3.79. The minimum absolute atomic E-state index is 0.00965. The average Bonchev–Trinajstić information content (AvgIpc) is 3.23. The fourth-order valence-electron chi connectivity index (χ4n) is 5.55. The maximum Gasteiger partial charge on any atom is 0.420 e. The highest BCUT2D eigenvalue weighted by atomic mass is 19.4. The number of halogens is 3. The van der Waals surface area contributed by atoms with Gasteiger partial charge < -0.3 is 15.0 Å². The molecule has 0 bridgehead atoms. The summed E-state index contributed by atoms with van der Waals surface area (Å²) in [6.07, 6.45) is 2.02. The van der Waals surface area contributed by atoms with Gasteiger partial charge in [-0.25, -0.2) is 4.98 Å². The van der Waals surface area contributed by atoms with E-state index in [2.05, 4.69) is 26.3 Å². The van der Waals surface area contributed by atoms with Crippen molar-refractivity contribution in [2.75, 3.05) is 33.7 Å². The van der Waals surface area contributed by atoms with Gasteiger partial charge in [0.2, 0.25) is 0 Å². The Kier molecular flexibility index (Phi) is 8.49. The zero-order valence-corrected chi connectivity index (χ0v) is 21.3. The Labute approximate surface area is 211 Å². The van der Waals surface area contributed by atoms with Gasteiger partial charge in [0, 0.05) is 25.7 Å². The van der Waals surface area contributed by atoms with Crippen LogP contribution in [0.3, 0.4) is 0 Å². The van der Waals surface area contributed by atoms with Gasteiger partial charge in [0.05, 0.1) is 29.3 Å². The first kappa shape index (κ1) is 26.8. The van der Waals surface area contributed by atoms with E-state index in [1.165, 1.54) is 5.56 Å². The highest BCUT2D eigenvalue weighted by molar-refractivity contribution is 5.46. The molecular formula is C26H37F3N6O. The standard InChI is InChI=1S/C26H37F3N6O/c1-4-34(16-8-14-30-2)22-13-6-12-21-32-19(24(35(21)22)25(36)26(27,28)29)17-33(3)20-11-5-9-18-10-7-15-31-23(18)20/h6-7,10,12,15,20,22,25,30,36H,4-5,8-9,11,13-14,16-17H2,1-3H3. The molecule has 0 fully saturated rings. The fourth-order valence-corrected chi connectivity index (χ4v) is 5.55. The molecule has 3 atom stereocenters. The first-order chi connectivity index (χ1) is 17.3. The van der Waals surface area contributed by atoms with Crippen molar-refractivity contribution in [1.82, 2.24) is 29.7 Å². The summed E-state index contributed by atoms with van der Waals surface area (Å²) in [4.78, 5) is 13.4. The predicted octanol–water partition coefficient (Wildman–Crippen LogP) is 4.23. The number of hydrogen-bond donors (Lipinski definition) is 2. The Bertz CT molecular complexity index is 1050. The van der Waals surface area contributed by atoms with Crippen molar-refractivity contribution < 1.29 is 18.3 Å². The summed E-state index contributed by atoms with van der Waals surface area (Å²) in [5.74, 6) is 0.460. The fraction of sp³-hybridized carbons (Fsp3) is 0.615. The number of imidazole rings is 1. The third-order valence-corrected chi connectivity index (χ3v) is 7.33. The van der Waals surface area contributed by atoms with Crippen molar-refractivity contribution in [2.45, 2.75) is 70.1 Å². The molecule has 36 heavy (non-hydrogen) atoms. The van der Waals surface area contributed by atoms with Crippen molar-refractivity contribution in [3.8, 4) is 0 Å². The summed E-state index contributed by atoms with van der Waals surface area (Å²) in [6, 6.07) is 3.98. The maximum absolute atomic E-state index is 14.0.